The van der Waals surface area contributed by atoms with Crippen LogP contribution in [0.3, 0.4) is 0 Å². The zero-order chi connectivity index (χ0) is 25.1. The largest absolute Gasteiger partial charge is 0.356 e. The van der Waals surface area contributed by atoms with Crippen LogP contribution < -0.4 is 15.5 Å². The van der Waals surface area contributed by atoms with Gasteiger partial charge in [-0.05, 0) is 12.1 Å². The number of amides is 1. The van der Waals surface area contributed by atoms with Crippen LogP contribution in [-0.2, 0) is 13.0 Å². The summed E-state index contributed by atoms with van der Waals surface area (Å²) in [4.78, 5) is 17.0. The van der Waals surface area contributed by atoms with E-state index in [1.807, 2.05) is 5.32 Å². The van der Waals surface area contributed by atoms with Crippen LogP contribution in [0.2, 0.25) is 0 Å². The minimum atomic E-state index is -3.59. The summed E-state index contributed by atoms with van der Waals surface area (Å²) in [5.41, 5.74) is -0.323. The highest BCUT2D eigenvalue weighted by molar-refractivity contribution is 6.01. The van der Waals surface area contributed by atoms with Crippen molar-refractivity contribution in [3.05, 3.63) is 54.0 Å². The molecule has 2 aromatic heterocycles. The van der Waals surface area contributed by atoms with E-state index in [-0.39, 0.29) is 33.9 Å². The van der Waals surface area contributed by atoms with Crippen LogP contribution in [0.5, 0.6) is 0 Å². The third-order valence-corrected chi connectivity index (χ3v) is 4.53. The van der Waals surface area contributed by atoms with Gasteiger partial charge in [-0.1, -0.05) is 12.1 Å². The molecule has 3 aromatic rings. The van der Waals surface area contributed by atoms with Crippen molar-refractivity contribution >= 4 is 23.0 Å². The molecule has 0 unspecified atom stereocenters. The first-order chi connectivity index (χ1) is 15.7. The number of aromatic nitrogens is 3. The summed E-state index contributed by atoms with van der Waals surface area (Å²) in [6.07, 6.45) is 3.30. The number of pyridine rings is 1. The van der Waals surface area contributed by atoms with Crippen LogP contribution in [0.1, 0.15) is 24.1 Å². The van der Waals surface area contributed by atoms with Crippen molar-refractivity contribution < 1.29 is 21.8 Å². The van der Waals surface area contributed by atoms with Crippen molar-refractivity contribution in [2.24, 2.45) is 6.98 Å². The normalized spacial score (nSPS) is 18.3. The summed E-state index contributed by atoms with van der Waals surface area (Å²) in [6.45, 7) is -5.49. The van der Waals surface area contributed by atoms with Crippen molar-refractivity contribution in [1.82, 2.24) is 20.1 Å². The zero-order valence-electron chi connectivity index (χ0n) is 20.5. The van der Waals surface area contributed by atoms with Gasteiger partial charge in [0.1, 0.15) is 5.69 Å². The standard InChI is InChI=1S/C19H18F2N6O/c1-22-18(28)12-9-23-8-7-14(12)24-15-6-4-5-11-16-13(10-26(2)25-16)19(20,21)27(3)17(11)15/h4-10H,1-3H3,(H,22,28)(H,23,24)/i1D3,2D3. The van der Waals surface area contributed by atoms with Crippen molar-refractivity contribution in [3.63, 3.8) is 0 Å². The first-order valence-corrected chi connectivity index (χ1v) is 8.09. The quantitative estimate of drug-likeness (QED) is 0.673. The topological polar surface area (TPSA) is 75.1 Å². The van der Waals surface area contributed by atoms with Gasteiger partial charge in [0.2, 0.25) is 0 Å². The van der Waals surface area contributed by atoms with Crippen molar-refractivity contribution in [2.75, 3.05) is 24.2 Å². The average molecular weight is 390 g/mol. The number of hydrogen-bond acceptors (Lipinski definition) is 5. The molecular weight excluding hydrogens is 366 g/mol. The molecule has 0 saturated heterocycles. The maximum atomic E-state index is 15.3. The Balaban J connectivity index is 1.82. The molecule has 0 fully saturated rings. The third kappa shape index (κ3) is 2.58. The van der Waals surface area contributed by atoms with E-state index in [4.69, 9.17) is 8.22 Å². The number of fused-ring (bicyclic) bond motifs is 3. The molecule has 0 aliphatic carbocycles. The summed E-state index contributed by atoms with van der Waals surface area (Å²) in [5, 5.41) is 8.67. The van der Waals surface area contributed by atoms with Crippen LogP contribution in [0, 0.1) is 0 Å². The average Bonchev–Trinajstić information content (AvgIpc) is 3.19. The minimum absolute atomic E-state index is 0.00906. The second-order valence-corrected chi connectivity index (χ2v) is 6.14. The van der Waals surface area contributed by atoms with Gasteiger partial charge < -0.3 is 15.5 Å². The number of hydrogen-bond donors (Lipinski definition) is 2. The predicted octanol–water partition coefficient (Wildman–Crippen LogP) is 3.08. The number of aryl methyl sites for hydroxylation is 1. The molecule has 144 valence electrons. The number of carbonyl (C=O) groups is 1. The molecule has 0 spiro atoms. The number of alkyl halides is 2. The van der Waals surface area contributed by atoms with Gasteiger partial charge in [0.25, 0.3) is 5.91 Å². The lowest BCUT2D eigenvalue weighted by atomic mass is 9.97. The first-order valence-electron chi connectivity index (χ1n) is 11.1. The molecule has 0 bridgehead atoms. The highest BCUT2D eigenvalue weighted by Crippen LogP contribution is 2.51. The molecule has 3 heterocycles. The van der Waals surface area contributed by atoms with Gasteiger partial charge in [0, 0.05) is 53.4 Å². The molecule has 0 saturated carbocycles. The molecular formula is C19H18F2N6O. The molecule has 4 rings (SSSR count). The van der Waals surface area contributed by atoms with E-state index >= 15 is 8.78 Å². The monoisotopic (exact) mass is 390 g/mol. The fourth-order valence-corrected chi connectivity index (χ4v) is 3.21. The zero-order valence-corrected chi connectivity index (χ0v) is 14.5. The Labute approximate surface area is 168 Å². The van der Waals surface area contributed by atoms with Crippen LogP contribution in [0.15, 0.2) is 42.9 Å². The number of rotatable bonds is 3. The first kappa shape index (κ1) is 12.1. The van der Waals surface area contributed by atoms with Gasteiger partial charge in [-0.3, -0.25) is 14.5 Å². The van der Waals surface area contributed by atoms with Gasteiger partial charge in [-0.15, -0.1) is 0 Å². The lowest BCUT2D eigenvalue weighted by Gasteiger charge is -2.36. The molecule has 0 atom stereocenters. The van der Waals surface area contributed by atoms with Crippen molar-refractivity contribution in [2.45, 2.75) is 6.05 Å². The van der Waals surface area contributed by atoms with Crippen LogP contribution in [0.25, 0.3) is 11.3 Å². The molecule has 28 heavy (non-hydrogen) atoms. The highest BCUT2D eigenvalue weighted by Gasteiger charge is 2.47. The Kier molecular flexibility index (Phi) is 2.71. The SMILES string of the molecule is [2H]C([2H])([2H])NC(=O)c1cnccc1Nc1cccc2c1N(C)C(F)(F)c1cn(C([2H])([2H])[2H])nc1-2. The second kappa shape index (κ2) is 6.29. The number of para-hydroxylation sites is 1. The predicted molar refractivity (Wildman–Crippen MR) is 102 cm³/mol. The Morgan fingerprint density at radius 2 is 2.14 bits per heavy atom. The van der Waals surface area contributed by atoms with Crippen LogP contribution in [-0.4, -0.2) is 34.7 Å². The van der Waals surface area contributed by atoms with Crippen LogP contribution >= 0.6 is 0 Å². The van der Waals surface area contributed by atoms with E-state index < -0.39 is 31.5 Å². The van der Waals surface area contributed by atoms with E-state index in [9.17, 15) is 4.79 Å². The van der Waals surface area contributed by atoms with Crippen LogP contribution in [0.4, 0.5) is 25.8 Å². The van der Waals surface area contributed by atoms with E-state index in [0.29, 0.717) is 9.58 Å². The van der Waals surface area contributed by atoms with E-state index in [2.05, 4.69) is 15.4 Å². The summed E-state index contributed by atoms with van der Waals surface area (Å²) in [5.74, 6) is -0.933. The molecule has 1 aliphatic rings. The van der Waals surface area contributed by atoms with Gasteiger partial charge in [-0.25, -0.2) is 0 Å². The summed E-state index contributed by atoms with van der Waals surface area (Å²) in [7, 11) is 1.15. The fourth-order valence-electron chi connectivity index (χ4n) is 3.21. The molecule has 9 heteroatoms. The van der Waals surface area contributed by atoms with Gasteiger partial charge in [0.15, 0.2) is 0 Å². The number of nitrogens with zero attached hydrogens (tertiary/aromatic N) is 4. The lowest BCUT2D eigenvalue weighted by Crippen LogP contribution is -2.39. The molecule has 0 radical (unpaired) electrons. The maximum Gasteiger partial charge on any atom is 0.356 e. The van der Waals surface area contributed by atoms with Crippen molar-refractivity contribution in [3.8, 4) is 11.3 Å². The lowest BCUT2D eigenvalue weighted by molar-refractivity contribution is -0.00335. The number of benzene rings is 1. The fraction of sp³-hybridized carbons (Fsp3) is 0.211. The van der Waals surface area contributed by atoms with E-state index in [1.54, 1.807) is 6.07 Å². The molecule has 1 amide bonds. The van der Waals surface area contributed by atoms with E-state index in [0.717, 1.165) is 19.4 Å². The third-order valence-electron chi connectivity index (χ3n) is 4.53. The van der Waals surface area contributed by atoms with Crippen molar-refractivity contribution in [1.29, 1.82) is 0 Å². The number of carbonyl (C=O) groups excluding carboxylic acids is 1. The smallest absolute Gasteiger partial charge is 0.355 e. The Hall–Kier alpha value is -3.49. The maximum absolute atomic E-state index is 15.3. The molecule has 7 nitrogen and oxygen atoms in total. The Bertz CT molecular complexity index is 1270. The van der Waals surface area contributed by atoms with Gasteiger partial charge >= 0.3 is 6.05 Å². The van der Waals surface area contributed by atoms with E-state index in [1.165, 1.54) is 24.4 Å². The number of anilines is 3. The second-order valence-electron chi connectivity index (χ2n) is 6.14. The summed E-state index contributed by atoms with van der Waals surface area (Å²) in [6, 6.07) is 2.37. The van der Waals surface area contributed by atoms with Gasteiger partial charge in [0.05, 0.1) is 28.2 Å². The number of nitrogens with one attached hydrogen (secondary N) is 2. The Morgan fingerprint density at radius 1 is 1.29 bits per heavy atom. The Morgan fingerprint density at radius 3 is 2.93 bits per heavy atom. The van der Waals surface area contributed by atoms with Gasteiger partial charge in [-0.2, -0.15) is 13.9 Å². The summed E-state index contributed by atoms with van der Waals surface area (Å²) >= 11 is 0. The minimum Gasteiger partial charge on any atom is -0.355 e. The highest BCUT2D eigenvalue weighted by atomic mass is 19.3. The number of halogens is 2. The molecule has 1 aromatic carbocycles. The summed E-state index contributed by atoms with van der Waals surface area (Å²) < 4.78 is 75.4. The molecule has 2 N–H and O–H groups in total. The molecule has 1 aliphatic heterocycles.